The molecule has 3 fully saturated rings. The van der Waals surface area contributed by atoms with Gasteiger partial charge in [-0.1, -0.05) is 6.92 Å². The summed E-state index contributed by atoms with van der Waals surface area (Å²) >= 11 is 0. The van der Waals surface area contributed by atoms with Gasteiger partial charge in [-0.2, -0.15) is 0 Å². The van der Waals surface area contributed by atoms with Crippen molar-refractivity contribution >= 4 is 0 Å². The van der Waals surface area contributed by atoms with E-state index in [1.165, 1.54) is 58.3 Å². The summed E-state index contributed by atoms with van der Waals surface area (Å²) in [4.78, 5) is 2.69. The summed E-state index contributed by atoms with van der Waals surface area (Å²) in [6, 6.07) is 0.822. The van der Waals surface area contributed by atoms with E-state index in [-0.39, 0.29) is 0 Å². The van der Waals surface area contributed by atoms with E-state index in [0.717, 1.165) is 25.2 Å². The summed E-state index contributed by atoms with van der Waals surface area (Å²) in [5.74, 6) is 0.884. The minimum atomic E-state index is 0.402. The molecule has 2 aliphatic heterocycles. The number of nitrogens with one attached hydrogen (secondary N) is 1. The first-order valence-electron chi connectivity index (χ1n) is 7.79. The molecule has 0 aromatic heterocycles. The van der Waals surface area contributed by atoms with E-state index in [1.54, 1.807) is 0 Å². The van der Waals surface area contributed by atoms with Crippen LogP contribution in [0.15, 0.2) is 0 Å². The van der Waals surface area contributed by atoms with Crippen molar-refractivity contribution in [3.05, 3.63) is 0 Å². The van der Waals surface area contributed by atoms with E-state index < -0.39 is 0 Å². The van der Waals surface area contributed by atoms with Crippen LogP contribution in [-0.2, 0) is 4.74 Å². The van der Waals surface area contributed by atoms with E-state index in [1.807, 2.05) is 0 Å². The first-order valence-corrected chi connectivity index (χ1v) is 7.79. The molecule has 0 radical (unpaired) electrons. The molecule has 3 aliphatic rings. The van der Waals surface area contributed by atoms with Gasteiger partial charge in [0, 0.05) is 37.7 Å². The Balaban J connectivity index is 1.54. The molecule has 1 saturated carbocycles. The third-order valence-corrected chi connectivity index (χ3v) is 4.83. The molecule has 3 nitrogen and oxygen atoms in total. The van der Waals surface area contributed by atoms with E-state index in [4.69, 9.17) is 4.74 Å². The summed E-state index contributed by atoms with van der Waals surface area (Å²) in [6.45, 7) is 9.35. The monoisotopic (exact) mass is 252 g/mol. The van der Waals surface area contributed by atoms with Gasteiger partial charge in [0.15, 0.2) is 0 Å². The summed E-state index contributed by atoms with van der Waals surface area (Å²) in [5, 5.41) is 3.73. The zero-order valence-electron chi connectivity index (χ0n) is 11.8. The van der Waals surface area contributed by atoms with Gasteiger partial charge in [0.05, 0.1) is 6.61 Å². The van der Waals surface area contributed by atoms with Crippen LogP contribution in [0.25, 0.3) is 0 Å². The molecule has 1 N–H and O–H groups in total. The quantitative estimate of drug-likeness (QED) is 0.808. The second-order valence-electron chi connectivity index (χ2n) is 6.94. The van der Waals surface area contributed by atoms with E-state index in [9.17, 15) is 0 Å². The van der Waals surface area contributed by atoms with Gasteiger partial charge in [-0.15, -0.1) is 0 Å². The number of hydrogen-bond donors (Lipinski definition) is 1. The van der Waals surface area contributed by atoms with Crippen molar-refractivity contribution in [1.29, 1.82) is 0 Å². The lowest BCUT2D eigenvalue weighted by Crippen LogP contribution is -2.47. The van der Waals surface area contributed by atoms with Crippen molar-refractivity contribution < 1.29 is 4.74 Å². The molecule has 0 aromatic rings. The minimum absolute atomic E-state index is 0.402. The van der Waals surface area contributed by atoms with Crippen LogP contribution in [0, 0.1) is 11.3 Å². The number of hydrogen-bond acceptors (Lipinski definition) is 3. The standard InChI is InChI=1S/C15H28N2O/c1-13-3-2-7-17(9-13)11-15(6-8-18-12-15)10-16-14-4-5-14/h13-14,16H,2-12H2,1H3. The maximum Gasteiger partial charge on any atom is 0.0547 e. The number of piperidine rings is 1. The summed E-state index contributed by atoms with van der Waals surface area (Å²) in [7, 11) is 0. The highest BCUT2D eigenvalue weighted by Crippen LogP contribution is 2.32. The first kappa shape index (κ1) is 12.9. The predicted octanol–water partition coefficient (Wildman–Crippen LogP) is 1.88. The lowest BCUT2D eigenvalue weighted by molar-refractivity contribution is 0.0852. The molecule has 0 spiro atoms. The van der Waals surface area contributed by atoms with Crippen LogP contribution in [0.5, 0.6) is 0 Å². The second kappa shape index (κ2) is 5.48. The summed E-state index contributed by atoms with van der Waals surface area (Å²) < 4.78 is 5.71. The fraction of sp³-hybridized carbons (Fsp3) is 1.00. The van der Waals surface area contributed by atoms with E-state index in [0.29, 0.717) is 5.41 Å². The van der Waals surface area contributed by atoms with Crippen LogP contribution in [0.1, 0.15) is 39.0 Å². The molecule has 2 atom stereocenters. The molecule has 0 amide bonds. The summed E-state index contributed by atoms with van der Waals surface area (Å²) in [6.07, 6.45) is 6.82. The average molecular weight is 252 g/mol. The minimum Gasteiger partial charge on any atom is -0.381 e. The Morgan fingerprint density at radius 3 is 2.89 bits per heavy atom. The second-order valence-corrected chi connectivity index (χ2v) is 6.94. The fourth-order valence-electron chi connectivity index (χ4n) is 3.52. The maximum atomic E-state index is 5.71. The number of likely N-dealkylation sites (tertiary alicyclic amines) is 1. The van der Waals surface area contributed by atoms with E-state index >= 15 is 0 Å². The molecule has 3 heteroatoms. The van der Waals surface area contributed by atoms with Crippen LogP contribution >= 0.6 is 0 Å². The van der Waals surface area contributed by atoms with Crippen molar-refractivity contribution in [2.45, 2.75) is 45.1 Å². The molecular formula is C15H28N2O. The largest absolute Gasteiger partial charge is 0.381 e. The zero-order chi connectivity index (χ0) is 12.4. The third-order valence-electron chi connectivity index (χ3n) is 4.83. The fourth-order valence-corrected chi connectivity index (χ4v) is 3.52. The van der Waals surface area contributed by atoms with Gasteiger partial charge in [0.2, 0.25) is 0 Å². The molecule has 18 heavy (non-hydrogen) atoms. The Morgan fingerprint density at radius 1 is 1.33 bits per heavy atom. The molecule has 0 bridgehead atoms. The number of rotatable bonds is 5. The Morgan fingerprint density at radius 2 is 2.22 bits per heavy atom. The summed E-state index contributed by atoms with van der Waals surface area (Å²) in [5.41, 5.74) is 0.402. The van der Waals surface area contributed by atoms with Crippen molar-refractivity contribution in [2.24, 2.45) is 11.3 Å². The number of nitrogens with zero attached hydrogens (tertiary/aromatic N) is 1. The lowest BCUT2D eigenvalue weighted by atomic mass is 9.85. The Hall–Kier alpha value is -0.120. The van der Waals surface area contributed by atoms with Gasteiger partial charge < -0.3 is 15.0 Å². The van der Waals surface area contributed by atoms with Gasteiger partial charge in [0.1, 0.15) is 0 Å². The Labute approximate surface area is 111 Å². The highest BCUT2D eigenvalue weighted by Gasteiger charge is 2.38. The molecule has 2 saturated heterocycles. The van der Waals surface area contributed by atoms with Crippen molar-refractivity contribution in [2.75, 3.05) is 39.4 Å². The highest BCUT2D eigenvalue weighted by atomic mass is 16.5. The van der Waals surface area contributed by atoms with Crippen LogP contribution in [0.4, 0.5) is 0 Å². The number of ether oxygens (including phenoxy) is 1. The van der Waals surface area contributed by atoms with Gasteiger partial charge in [-0.25, -0.2) is 0 Å². The van der Waals surface area contributed by atoms with Gasteiger partial charge in [-0.3, -0.25) is 0 Å². The molecule has 0 aromatic carbocycles. The molecule has 3 rings (SSSR count). The van der Waals surface area contributed by atoms with Crippen LogP contribution < -0.4 is 5.32 Å². The third kappa shape index (κ3) is 3.25. The lowest BCUT2D eigenvalue weighted by Gasteiger charge is -2.38. The van der Waals surface area contributed by atoms with Crippen LogP contribution in [0.3, 0.4) is 0 Å². The van der Waals surface area contributed by atoms with Gasteiger partial charge in [-0.05, 0) is 44.6 Å². The highest BCUT2D eigenvalue weighted by molar-refractivity contribution is 4.92. The van der Waals surface area contributed by atoms with Crippen molar-refractivity contribution in [3.8, 4) is 0 Å². The molecule has 104 valence electrons. The molecule has 1 aliphatic carbocycles. The van der Waals surface area contributed by atoms with Gasteiger partial charge in [0.25, 0.3) is 0 Å². The average Bonchev–Trinajstić information content (AvgIpc) is 3.08. The normalized spacial score (nSPS) is 38.2. The maximum absolute atomic E-state index is 5.71. The van der Waals surface area contributed by atoms with Crippen molar-refractivity contribution in [1.82, 2.24) is 10.2 Å². The van der Waals surface area contributed by atoms with Crippen LogP contribution in [0.2, 0.25) is 0 Å². The smallest absolute Gasteiger partial charge is 0.0547 e. The topological polar surface area (TPSA) is 24.5 Å². The Kier molecular flexibility index (Phi) is 3.92. The predicted molar refractivity (Wildman–Crippen MR) is 73.7 cm³/mol. The molecule has 2 heterocycles. The van der Waals surface area contributed by atoms with E-state index in [2.05, 4.69) is 17.1 Å². The first-order chi connectivity index (χ1) is 8.76. The van der Waals surface area contributed by atoms with Gasteiger partial charge >= 0.3 is 0 Å². The Bertz CT molecular complexity index is 272. The SMILES string of the molecule is CC1CCCN(CC2(CNC3CC3)CCOC2)C1. The molecular weight excluding hydrogens is 224 g/mol. The van der Waals surface area contributed by atoms with Crippen molar-refractivity contribution in [3.63, 3.8) is 0 Å². The van der Waals surface area contributed by atoms with Crippen LogP contribution in [-0.4, -0.2) is 50.3 Å². The zero-order valence-corrected chi connectivity index (χ0v) is 11.8. The molecule has 2 unspecified atom stereocenters.